The average molecular weight is 329 g/mol. The lowest BCUT2D eigenvalue weighted by molar-refractivity contribution is -0.137. The Morgan fingerprint density at radius 2 is 2.13 bits per heavy atom. The Balaban J connectivity index is 2.21. The molecule has 0 aliphatic heterocycles. The lowest BCUT2D eigenvalue weighted by atomic mass is 10.3. The van der Waals surface area contributed by atoms with Gasteiger partial charge in [-0.1, -0.05) is 5.21 Å². The van der Waals surface area contributed by atoms with E-state index in [1.807, 2.05) is 0 Å². The highest BCUT2D eigenvalue weighted by Crippen LogP contribution is 2.28. The second-order valence-electron chi connectivity index (χ2n) is 4.90. The van der Waals surface area contributed by atoms with E-state index in [2.05, 4.69) is 15.3 Å². The molecule has 0 aliphatic rings. The largest absolute Gasteiger partial charge is 0.417 e. The zero-order chi connectivity index (χ0) is 17.2. The number of aromatic nitrogens is 4. The van der Waals surface area contributed by atoms with Crippen LogP contribution >= 0.6 is 0 Å². The van der Waals surface area contributed by atoms with Crippen molar-refractivity contribution in [2.75, 3.05) is 13.7 Å². The van der Waals surface area contributed by atoms with Crippen molar-refractivity contribution in [3.63, 3.8) is 0 Å². The second-order valence-corrected chi connectivity index (χ2v) is 4.90. The number of hydrogen-bond acceptors (Lipinski definition) is 5. The van der Waals surface area contributed by atoms with Gasteiger partial charge in [0.1, 0.15) is 0 Å². The lowest BCUT2D eigenvalue weighted by Gasteiger charge is -2.21. The van der Waals surface area contributed by atoms with Crippen LogP contribution in [0.1, 0.15) is 23.0 Å². The molecule has 1 unspecified atom stereocenters. The third-order valence-corrected chi connectivity index (χ3v) is 3.27. The number of alkyl halides is 3. The predicted octanol–water partition coefficient (Wildman–Crippen LogP) is 1.13. The number of nitrogens with zero attached hydrogens (tertiary/aromatic N) is 5. The normalized spacial score (nSPS) is 13.0. The molecule has 1 amide bonds. The van der Waals surface area contributed by atoms with E-state index in [9.17, 15) is 18.0 Å². The van der Waals surface area contributed by atoms with Crippen LogP contribution in [0, 0.1) is 0 Å². The van der Waals surface area contributed by atoms with Crippen LogP contribution in [-0.4, -0.2) is 55.6 Å². The number of halogens is 3. The van der Waals surface area contributed by atoms with Crippen molar-refractivity contribution < 1.29 is 23.1 Å². The van der Waals surface area contributed by atoms with Crippen molar-refractivity contribution in [2.45, 2.75) is 19.1 Å². The summed E-state index contributed by atoms with van der Waals surface area (Å²) in [5.41, 5.74) is -0.885. The van der Waals surface area contributed by atoms with Crippen LogP contribution in [-0.2, 0) is 6.18 Å². The molecule has 1 atom stereocenters. The number of pyridine rings is 1. The molecular weight excluding hydrogens is 315 g/mol. The molecule has 2 aromatic heterocycles. The molecule has 0 aliphatic carbocycles. The molecule has 0 bridgehead atoms. The molecule has 7 nitrogen and oxygen atoms in total. The van der Waals surface area contributed by atoms with E-state index in [0.29, 0.717) is 6.20 Å². The van der Waals surface area contributed by atoms with Crippen molar-refractivity contribution in [1.82, 2.24) is 24.9 Å². The fourth-order valence-electron chi connectivity index (χ4n) is 1.67. The van der Waals surface area contributed by atoms with Gasteiger partial charge in [-0.2, -0.15) is 13.2 Å². The minimum atomic E-state index is -4.47. The Morgan fingerprint density at radius 3 is 2.65 bits per heavy atom. The Labute approximate surface area is 129 Å². The van der Waals surface area contributed by atoms with Crippen molar-refractivity contribution in [3.8, 4) is 5.82 Å². The zero-order valence-electron chi connectivity index (χ0n) is 12.3. The fourth-order valence-corrected chi connectivity index (χ4v) is 1.67. The number of likely N-dealkylation sites (N-methyl/N-ethyl adjacent to an activating group) is 1. The van der Waals surface area contributed by atoms with Gasteiger partial charge in [-0.15, -0.1) is 5.10 Å². The van der Waals surface area contributed by atoms with Crippen LogP contribution in [0.25, 0.3) is 5.82 Å². The van der Waals surface area contributed by atoms with E-state index < -0.39 is 23.7 Å². The third-order valence-electron chi connectivity index (χ3n) is 3.27. The van der Waals surface area contributed by atoms with Crippen LogP contribution in [0.5, 0.6) is 0 Å². The van der Waals surface area contributed by atoms with Crippen LogP contribution in [0.3, 0.4) is 0 Å². The standard InChI is InChI=1S/C13H14F3N5O2/c1-8(7-22)20(2)12(23)10-6-21(19-18-10)11-4-3-9(5-17-11)13(14,15)16/h3-6,8,22H,7H2,1-2H3. The topological polar surface area (TPSA) is 84.1 Å². The number of aliphatic hydroxyl groups excluding tert-OH is 1. The molecule has 0 aromatic carbocycles. The summed E-state index contributed by atoms with van der Waals surface area (Å²) in [4.78, 5) is 17.1. The maximum atomic E-state index is 12.5. The number of carbonyl (C=O) groups is 1. The van der Waals surface area contributed by atoms with Gasteiger partial charge in [0.15, 0.2) is 11.5 Å². The van der Waals surface area contributed by atoms with Gasteiger partial charge in [-0.05, 0) is 19.1 Å². The van der Waals surface area contributed by atoms with E-state index in [1.54, 1.807) is 6.92 Å². The van der Waals surface area contributed by atoms with Crippen LogP contribution in [0.15, 0.2) is 24.5 Å². The first kappa shape index (κ1) is 16.9. The minimum absolute atomic E-state index is 0.00509. The van der Waals surface area contributed by atoms with E-state index in [4.69, 9.17) is 5.11 Å². The smallest absolute Gasteiger partial charge is 0.394 e. The molecule has 0 saturated heterocycles. The van der Waals surface area contributed by atoms with Gasteiger partial charge in [-0.25, -0.2) is 9.67 Å². The van der Waals surface area contributed by atoms with E-state index in [1.165, 1.54) is 18.1 Å². The Bertz CT molecular complexity index is 684. The quantitative estimate of drug-likeness (QED) is 0.909. The van der Waals surface area contributed by atoms with Gasteiger partial charge < -0.3 is 10.0 Å². The first-order valence-electron chi connectivity index (χ1n) is 6.58. The number of aliphatic hydroxyl groups is 1. The van der Waals surface area contributed by atoms with Crippen molar-refractivity contribution in [2.24, 2.45) is 0 Å². The highest BCUT2D eigenvalue weighted by atomic mass is 19.4. The summed E-state index contributed by atoms with van der Waals surface area (Å²) >= 11 is 0. The summed E-state index contributed by atoms with van der Waals surface area (Å²) in [6, 6.07) is 1.59. The molecule has 124 valence electrons. The Kier molecular flexibility index (Phi) is 4.64. The highest BCUT2D eigenvalue weighted by Gasteiger charge is 2.30. The molecule has 1 N–H and O–H groups in total. The first-order chi connectivity index (χ1) is 10.7. The Hall–Kier alpha value is -2.49. The molecule has 2 heterocycles. The molecule has 2 rings (SSSR count). The van der Waals surface area contributed by atoms with E-state index in [0.717, 1.165) is 16.8 Å². The molecule has 2 aromatic rings. The van der Waals surface area contributed by atoms with Crippen molar-refractivity contribution in [1.29, 1.82) is 0 Å². The monoisotopic (exact) mass is 329 g/mol. The van der Waals surface area contributed by atoms with Gasteiger partial charge in [0.25, 0.3) is 5.91 Å². The number of amides is 1. The van der Waals surface area contributed by atoms with Gasteiger partial charge in [0.05, 0.1) is 24.4 Å². The van der Waals surface area contributed by atoms with Gasteiger partial charge in [-0.3, -0.25) is 4.79 Å². The summed E-state index contributed by atoms with van der Waals surface area (Å²) in [6.45, 7) is 1.44. The molecule has 0 radical (unpaired) electrons. The third kappa shape index (κ3) is 3.65. The van der Waals surface area contributed by atoms with Crippen LogP contribution < -0.4 is 0 Å². The van der Waals surface area contributed by atoms with Crippen LogP contribution in [0.2, 0.25) is 0 Å². The van der Waals surface area contributed by atoms with Gasteiger partial charge in [0, 0.05) is 13.2 Å². The second kappa shape index (κ2) is 6.32. The summed E-state index contributed by atoms with van der Waals surface area (Å²) in [7, 11) is 1.50. The molecular formula is C13H14F3N5O2. The molecule has 10 heteroatoms. The van der Waals surface area contributed by atoms with Crippen molar-refractivity contribution >= 4 is 5.91 Å². The van der Waals surface area contributed by atoms with E-state index >= 15 is 0 Å². The first-order valence-corrected chi connectivity index (χ1v) is 6.58. The van der Waals surface area contributed by atoms with E-state index in [-0.39, 0.29) is 18.1 Å². The molecule has 0 fully saturated rings. The summed E-state index contributed by atoms with van der Waals surface area (Å²) in [5, 5.41) is 16.4. The summed E-state index contributed by atoms with van der Waals surface area (Å²) < 4.78 is 38.6. The highest BCUT2D eigenvalue weighted by molar-refractivity contribution is 5.92. The summed E-state index contributed by atoms with van der Waals surface area (Å²) in [5.74, 6) is -0.368. The Morgan fingerprint density at radius 1 is 1.43 bits per heavy atom. The number of rotatable bonds is 4. The summed E-state index contributed by atoms with van der Waals surface area (Å²) in [6.07, 6.45) is -2.53. The average Bonchev–Trinajstić information content (AvgIpc) is 3.02. The maximum Gasteiger partial charge on any atom is 0.417 e. The molecule has 0 spiro atoms. The van der Waals surface area contributed by atoms with Crippen molar-refractivity contribution in [3.05, 3.63) is 35.8 Å². The molecule has 0 saturated carbocycles. The predicted molar refractivity (Wildman–Crippen MR) is 72.8 cm³/mol. The number of carbonyl (C=O) groups excluding carboxylic acids is 1. The van der Waals surface area contributed by atoms with Crippen LogP contribution in [0.4, 0.5) is 13.2 Å². The minimum Gasteiger partial charge on any atom is -0.394 e. The number of hydrogen-bond donors (Lipinski definition) is 1. The fraction of sp³-hybridized carbons (Fsp3) is 0.385. The van der Waals surface area contributed by atoms with Gasteiger partial charge in [0.2, 0.25) is 0 Å². The van der Waals surface area contributed by atoms with Gasteiger partial charge >= 0.3 is 6.18 Å². The SMILES string of the molecule is CC(CO)N(C)C(=O)c1cn(-c2ccc(C(F)(F)F)cn2)nn1. The zero-order valence-corrected chi connectivity index (χ0v) is 12.3. The lowest BCUT2D eigenvalue weighted by Crippen LogP contribution is -2.37. The maximum absolute atomic E-state index is 12.5. The molecule has 23 heavy (non-hydrogen) atoms.